The number of hydrogen-bond donors (Lipinski definition) is 2. The van der Waals surface area contributed by atoms with Crippen molar-refractivity contribution in [2.45, 2.75) is 70.5 Å². The Labute approximate surface area is 122 Å². The lowest BCUT2D eigenvalue weighted by Crippen LogP contribution is -2.56. The zero-order chi connectivity index (χ0) is 14.1. The van der Waals surface area contributed by atoms with Gasteiger partial charge in [0.25, 0.3) is 0 Å². The molecule has 20 heavy (non-hydrogen) atoms. The van der Waals surface area contributed by atoms with Crippen LogP contribution >= 0.6 is 0 Å². The summed E-state index contributed by atoms with van der Waals surface area (Å²) in [5, 5.41) is 21.1. The average Bonchev–Trinajstić information content (AvgIpc) is 2.59. The van der Waals surface area contributed by atoms with Crippen LogP contribution in [-0.2, 0) is 0 Å². The summed E-state index contributed by atoms with van der Waals surface area (Å²) in [4.78, 5) is 0. The summed E-state index contributed by atoms with van der Waals surface area (Å²) in [6, 6.07) is 0. The fourth-order valence-corrected chi connectivity index (χ4v) is 6.81. The van der Waals surface area contributed by atoms with Gasteiger partial charge in [0.15, 0.2) is 0 Å². The van der Waals surface area contributed by atoms with Crippen molar-refractivity contribution in [2.24, 2.45) is 28.6 Å². The topological polar surface area (TPSA) is 40.5 Å². The van der Waals surface area contributed by atoms with E-state index in [0.717, 1.165) is 30.8 Å². The SMILES string of the molecule is C=C1[C@H]2CC[C@@H]3[C@@](CCC4CC[C@@H](O)C[C@]43C)(C2)[C@H]1O. The molecular weight excluding hydrogens is 248 g/mol. The predicted octanol–water partition coefficient (Wildman–Crippen LogP) is 3.28. The summed E-state index contributed by atoms with van der Waals surface area (Å²) in [6.07, 6.45) is 8.76. The fourth-order valence-electron chi connectivity index (χ4n) is 6.81. The van der Waals surface area contributed by atoms with Gasteiger partial charge in [0.1, 0.15) is 0 Å². The molecule has 0 saturated heterocycles. The van der Waals surface area contributed by atoms with Gasteiger partial charge in [-0.2, -0.15) is 0 Å². The molecule has 0 radical (unpaired) electrons. The van der Waals surface area contributed by atoms with Crippen molar-refractivity contribution in [1.82, 2.24) is 0 Å². The summed E-state index contributed by atoms with van der Waals surface area (Å²) in [5.41, 5.74) is 1.46. The largest absolute Gasteiger partial charge is 0.393 e. The van der Waals surface area contributed by atoms with E-state index in [0.29, 0.717) is 11.8 Å². The number of aliphatic hydroxyl groups is 2. The molecule has 2 N–H and O–H groups in total. The smallest absolute Gasteiger partial charge is 0.0809 e. The molecule has 1 unspecified atom stereocenters. The molecule has 2 bridgehead atoms. The summed E-state index contributed by atoms with van der Waals surface area (Å²) in [5.74, 6) is 1.92. The number of fused-ring (bicyclic) bond motifs is 3. The summed E-state index contributed by atoms with van der Waals surface area (Å²) in [7, 11) is 0. The lowest BCUT2D eigenvalue weighted by atomic mass is 9.44. The quantitative estimate of drug-likeness (QED) is 0.667. The van der Waals surface area contributed by atoms with Crippen molar-refractivity contribution >= 4 is 0 Å². The van der Waals surface area contributed by atoms with Gasteiger partial charge < -0.3 is 10.2 Å². The third-order valence-electron chi connectivity index (χ3n) is 7.76. The fraction of sp³-hybridized carbons (Fsp3) is 0.889. The third-order valence-corrected chi connectivity index (χ3v) is 7.76. The van der Waals surface area contributed by atoms with Crippen LogP contribution in [0.25, 0.3) is 0 Å². The van der Waals surface area contributed by atoms with Gasteiger partial charge in [-0.3, -0.25) is 0 Å². The van der Waals surface area contributed by atoms with Crippen LogP contribution < -0.4 is 0 Å². The minimum absolute atomic E-state index is 0.0995. The monoisotopic (exact) mass is 276 g/mol. The van der Waals surface area contributed by atoms with E-state index in [1.54, 1.807) is 0 Å². The molecule has 0 amide bonds. The first kappa shape index (κ1) is 13.3. The zero-order valence-corrected chi connectivity index (χ0v) is 12.6. The van der Waals surface area contributed by atoms with Gasteiger partial charge >= 0.3 is 0 Å². The first-order chi connectivity index (χ1) is 9.47. The lowest BCUT2D eigenvalue weighted by Gasteiger charge is -2.61. The highest BCUT2D eigenvalue weighted by Gasteiger charge is 2.64. The van der Waals surface area contributed by atoms with Gasteiger partial charge in [0.2, 0.25) is 0 Å². The van der Waals surface area contributed by atoms with Gasteiger partial charge in [-0.25, -0.2) is 0 Å². The van der Waals surface area contributed by atoms with Crippen LogP contribution in [0.15, 0.2) is 12.2 Å². The number of hydrogen-bond acceptors (Lipinski definition) is 2. The van der Waals surface area contributed by atoms with Crippen molar-refractivity contribution in [2.75, 3.05) is 0 Å². The van der Waals surface area contributed by atoms with Crippen LogP contribution in [0.3, 0.4) is 0 Å². The lowest BCUT2D eigenvalue weighted by molar-refractivity contribution is -0.153. The standard InChI is InChI=1S/C18H28O2/c1-11-12-3-6-15-17(2)10-14(19)5-4-13(17)7-8-18(15,9-12)16(11)20/h12-16,19-20H,1,3-10H2,2H3/t12-,13?,14+,15-,16-,17+,18+/m0/s1. The molecule has 0 aromatic heterocycles. The normalized spacial score (nSPS) is 58.1. The molecule has 0 heterocycles. The second kappa shape index (κ2) is 4.10. The summed E-state index contributed by atoms with van der Waals surface area (Å²) >= 11 is 0. The maximum absolute atomic E-state index is 10.9. The van der Waals surface area contributed by atoms with Crippen molar-refractivity contribution in [3.8, 4) is 0 Å². The highest BCUT2D eigenvalue weighted by atomic mass is 16.3. The molecular formula is C18H28O2. The Morgan fingerprint density at radius 3 is 2.65 bits per heavy atom. The second-order valence-corrected chi connectivity index (χ2v) is 8.42. The molecule has 0 aliphatic heterocycles. The Morgan fingerprint density at radius 1 is 1.05 bits per heavy atom. The van der Waals surface area contributed by atoms with Gasteiger partial charge in [-0.05, 0) is 80.1 Å². The minimum atomic E-state index is -0.281. The van der Waals surface area contributed by atoms with E-state index in [-0.39, 0.29) is 23.0 Å². The molecule has 7 atom stereocenters. The highest BCUT2D eigenvalue weighted by molar-refractivity contribution is 5.26. The molecule has 1 spiro atoms. The minimum Gasteiger partial charge on any atom is -0.393 e. The Kier molecular flexibility index (Phi) is 2.74. The van der Waals surface area contributed by atoms with Crippen molar-refractivity contribution in [3.63, 3.8) is 0 Å². The highest BCUT2D eigenvalue weighted by Crippen LogP contribution is 2.69. The Morgan fingerprint density at radius 2 is 1.85 bits per heavy atom. The van der Waals surface area contributed by atoms with Gasteiger partial charge in [0.05, 0.1) is 12.2 Å². The van der Waals surface area contributed by atoms with Crippen LogP contribution in [0.4, 0.5) is 0 Å². The van der Waals surface area contributed by atoms with E-state index >= 15 is 0 Å². The Bertz CT molecular complexity index is 445. The Hall–Kier alpha value is -0.340. The third kappa shape index (κ3) is 1.47. The molecule has 0 aromatic carbocycles. The van der Waals surface area contributed by atoms with E-state index < -0.39 is 0 Å². The average molecular weight is 276 g/mol. The summed E-state index contributed by atoms with van der Waals surface area (Å²) < 4.78 is 0. The molecule has 4 saturated carbocycles. The van der Waals surface area contributed by atoms with E-state index in [1.165, 1.54) is 32.1 Å². The van der Waals surface area contributed by atoms with Crippen LogP contribution in [0.1, 0.15) is 58.3 Å². The molecule has 112 valence electrons. The van der Waals surface area contributed by atoms with E-state index in [1.807, 2.05) is 0 Å². The Balaban J connectivity index is 1.75. The van der Waals surface area contributed by atoms with Crippen LogP contribution in [-0.4, -0.2) is 22.4 Å². The zero-order valence-electron chi connectivity index (χ0n) is 12.6. The molecule has 4 aliphatic rings. The number of aliphatic hydroxyl groups excluding tert-OH is 2. The van der Waals surface area contributed by atoms with Crippen molar-refractivity contribution in [3.05, 3.63) is 12.2 Å². The number of rotatable bonds is 0. The van der Waals surface area contributed by atoms with Crippen molar-refractivity contribution < 1.29 is 10.2 Å². The van der Waals surface area contributed by atoms with Crippen LogP contribution in [0, 0.1) is 28.6 Å². The first-order valence-electron chi connectivity index (χ1n) is 8.52. The maximum atomic E-state index is 10.9. The van der Waals surface area contributed by atoms with Gasteiger partial charge in [-0.1, -0.05) is 13.5 Å². The predicted molar refractivity (Wildman–Crippen MR) is 79.1 cm³/mol. The van der Waals surface area contributed by atoms with E-state index in [2.05, 4.69) is 13.5 Å². The molecule has 4 fully saturated rings. The first-order valence-corrected chi connectivity index (χ1v) is 8.52. The molecule has 4 aliphatic carbocycles. The molecule has 4 rings (SSSR count). The van der Waals surface area contributed by atoms with Crippen LogP contribution in [0.5, 0.6) is 0 Å². The molecule has 2 nitrogen and oxygen atoms in total. The molecule has 0 aromatic rings. The van der Waals surface area contributed by atoms with E-state index in [4.69, 9.17) is 0 Å². The molecule has 2 heteroatoms. The van der Waals surface area contributed by atoms with Crippen LogP contribution in [0.2, 0.25) is 0 Å². The van der Waals surface area contributed by atoms with Gasteiger partial charge in [0, 0.05) is 5.41 Å². The van der Waals surface area contributed by atoms with Gasteiger partial charge in [-0.15, -0.1) is 0 Å². The van der Waals surface area contributed by atoms with Crippen molar-refractivity contribution in [1.29, 1.82) is 0 Å². The van der Waals surface area contributed by atoms with E-state index in [9.17, 15) is 10.2 Å². The summed E-state index contributed by atoms with van der Waals surface area (Å²) in [6.45, 7) is 6.62. The second-order valence-electron chi connectivity index (χ2n) is 8.42. The maximum Gasteiger partial charge on any atom is 0.0809 e.